The molecule has 2 atom stereocenters. The fourth-order valence-corrected chi connectivity index (χ4v) is 6.52. The van der Waals surface area contributed by atoms with Crippen LogP contribution in [0.3, 0.4) is 0 Å². The molecule has 1 fully saturated rings. The molecule has 0 aromatic heterocycles. The molecule has 8 heteroatoms. The predicted molar refractivity (Wildman–Crippen MR) is 165 cm³/mol. The van der Waals surface area contributed by atoms with E-state index >= 15 is 0 Å². The van der Waals surface area contributed by atoms with Crippen LogP contribution < -0.4 is 4.90 Å². The van der Waals surface area contributed by atoms with Crippen LogP contribution in [0.2, 0.25) is 0 Å². The summed E-state index contributed by atoms with van der Waals surface area (Å²) in [5.74, 6) is -0.313. The van der Waals surface area contributed by atoms with Crippen molar-refractivity contribution in [2.75, 3.05) is 45.6 Å². The van der Waals surface area contributed by atoms with E-state index in [9.17, 15) is 14.3 Å². The van der Waals surface area contributed by atoms with E-state index in [1.54, 1.807) is 0 Å². The van der Waals surface area contributed by atoms with Crippen LogP contribution in [0.5, 0.6) is 0 Å². The zero-order chi connectivity index (χ0) is 29.2. The van der Waals surface area contributed by atoms with Crippen LogP contribution >= 0.6 is 7.60 Å². The van der Waals surface area contributed by atoms with E-state index in [-0.39, 0.29) is 25.3 Å². The van der Waals surface area contributed by atoms with Gasteiger partial charge in [0.05, 0.1) is 39.0 Å². The van der Waals surface area contributed by atoms with Gasteiger partial charge in [0.2, 0.25) is 0 Å². The summed E-state index contributed by atoms with van der Waals surface area (Å²) in [4.78, 5) is 23.6. The molecule has 7 nitrogen and oxygen atoms in total. The molecule has 40 heavy (non-hydrogen) atoms. The van der Waals surface area contributed by atoms with Gasteiger partial charge in [-0.05, 0) is 12.8 Å². The molecule has 238 valence electrons. The molecule has 1 saturated heterocycles. The molecule has 1 aliphatic heterocycles. The Morgan fingerprint density at radius 1 is 0.750 bits per heavy atom. The third kappa shape index (κ3) is 23.1. The van der Waals surface area contributed by atoms with E-state index in [0.717, 1.165) is 25.9 Å². The highest BCUT2D eigenvalue weighted by atomic mass is 31.2. The molecule has 0 radical (unpaired) electrons. The summed E-state index contributed by atoms with van der Waals surface area (Å²) in [5, 5.41) is 0. The quantitative estimate of drug-likeness (QED) is 0.0542. The van der Waals surface area contributed by atoms with Crippen molar-refractivity contribution in [2.24, 2.45) is 0 Å². The van der Waals surface area contributed by atoms with Crippen molar-refractivity contribution in [1.82, 2.24) is 0 Å². The highest BCUT2D eigenvalue weighted by Crippen LogP contribution is 2.41. The minimum Gasteiger partial charge on any atom is -0.457 e. The Morgan fingerprint density at radius 3 is 1.75 bits per heavy atom. The third-order valence-electron chi connectivity index (χ3n) is 7.97. The van der Waals surface area contributed by atoms with Crippen LogP contribution in [-0.4, -0.2) is 62.6 Å². The van der Waals surface area contributed by atoms with E-state index in [0.29, 0.717) is 26.0 Å². The molecule has 2 N–H and O–H groups in total. The zero-order valence-electron chi connectivity index (χ0n) is 26.3. The molecule has 1 rings (SSSR count). The Hall–Kier alpha value is -0.460. The lowest BCUT2D eigenvalue weighted by Gasteiger charge is -2.21. The van der Waals surface area contributed by atoms with Crippen molar-refractivity contribution in [3.05, 3.63) is 0 Å². The highest BCUT2D eigenvalue weighted by molar-refractivity contribution is 7.52. The van der Waals surface area contributed by atoms with Crippen molar-refractivity contribution in [2.45, 2.75) is 155 Å². The molecule has 1 heterocycles. The molecule has 0 aromatic carbocycles. The predicted octanol–water partition coefficient (Wildman–Crippen LogP) is 7.25. The SMILES string of the molecule is CCCCCCCCCCCCCCCCCCCOCC(COP(=O)(O)CC[NH+]1CCCC1)OC(=O)CCC. The minimum absolute atomic E-state index is 0.0996. The van der Waals surface area contributed by atoms with E-state index in [1.165, 1.54) is 114 Å². The second-order valence-corrected chi connectivity index (χ2v) is 13.9. The van der Waals surface area contributed by atoms with Crippen LogP contribution in [0.1, 0.15) is 149 Å². The maximum absolute atomic E-state index is 12.5. The van der Waals surface area contributed by atoms with E-state index in [4.69, 9.17) is 14.0 Å². The largest absolute Gasteiger partial charge is 0.457 e. The maximum atomic E-state index is 12.5. The van der Waals surface area contributed by atoms with Crippen molar-refractivity contribution in [3.8, 4) is 0 Å². The summed E-state index contributed by atoms with van der Waals surface area (Å²) in [6.45, 7) is 7.67. The summed E-state index contributed by atoms with van der Waals surface area (Å²) in [6, 6.07) is 0. The van der Waals surface area contributed by atoms with Gasteiger partial charge in [0.1, 0.15) is 6.10 Å². The maximum Gasteiger partial charge on any atom is 0.333 e. The molecule has 0 aliphatic carbocycles. The van der Waals surface area contributed by atoms with Gasteiger partial charge in [-0.25, -0.2) is 0 Å². The first-order chi connectivity index (χ1) is 19.5. The summed E-state index contributed by atoms with van der Waals surface area (Å²) >= 11 is 0. The first-order valence-electron chi connectivity index (χ1n) is 17.0. The molecule has 2 unspecified atom stereocenters. The number of esters is 1. The van der Waals surface area contributed by atoms with Gasteiger partial charge in [-0.1, -0.05) is 117 Å². The molecule has 0 aromatic rings. The van der Waals surface area contributed by atoms with Crippen LogP contribution in [0.4, 0.5) is 0 Å². The Labute approximate surface area is 247 Å². The van der Waals surface area contributed by atoms with Crippen molar-refractivity contribution < 1.29 is 33.2 Å². The second kappa shape index (κ2) is 26.2. The highest BCUT2D eigenvalue weighted by Gasteiger charge is 2.27. The van der Waals surface area contributed by atoms with Gasteiger partial charge in [-0.15, -0.1) is 0 Å². The summed E-state index contributed by atoms with van der Waals surface area (Å²) in [7, 11) is -3.70. The molecule has 0 saturated carbocycles. The number of ether oxygens (including phenoxy) is 2. The summed E-state index contributed by atoms with van der Waals surface area (Å²) < 4.78 is 29.1. The number of hydrogen-bond donors (Lipinski definition) is 2. The van der Waals surface area contributed by atoms with Gasteiger partial charge < -0.3 is 23.8 Å². The first-order valence-corrected chi connectivity index (χ1v) is 18.8. The van der Waals surface area contributed by atoms with Crippen molar-refractivity contribution in [1.29, 1.82) is 0 Å². The van der Waals surface area contributed by atoms with Crippen molar-refractivity contribution >= 4 is 13.6 Å². The Morgan fingerprint density at radius 2 is 1.25 bits per heavy atom. The number of carbonyl (C=O) groups is 1. The topological polar surface area (TPSA) is 86.5 Å². The number of likely N-dealkylation sites (tertiary alicyclic amines) is 1. The van der Waals surface area contributed by atoms with E-state index in [1.807, 2.05) is 6.92 Å². The number of hydrogen-bond acceptors (Lipinski definition) is 5. The summed E-state index contributed by atoms with van der Waals surface area (Å²) in [5.41, 5.74) is 0. The van der Waals surface area contributed by atoms with Gasteiger partial charge in [-0.2, -0.15) is 0 Å². The van der Waals surface area contributed by atoms with Crippen molar-refractivity contribution in [3.63, 3.8) is 0 Å². The second-order valence-electron chi connectivity index (χ2n) is 12.0. The van der Waals surface area contributed by atoms with Gasteiger partial charge in [0.25, 0.3) is 0 Å². The molecule has 1 aliphatic rings. The zero-order valence-corrected chi connectivity index (χ0v) is 27.2. The fourth-order valence-electron chi connectivity index (χ4n) is 5.40. The normalized spacial score (nSPS) is 16.3. The van der Waals surface area contributed by atoms with Gasteiger partial charge in [0, 0.05) is 25.9 Å². The Kier molecular flexibility index (Phi) is 24.6. The van der Waals surface area contributed by atoms with Crippen LogP contribution in [0, 0.1) is 0 Å². The fraction of sp³-hybridized carbons (Fsp3) is 0.969. The summed E-state index contributed by atoms with van der Waals surface area (Å²) in [6.07, 6.45) is 25.6. The number of quaternary nitrogens is 1. The van der Waals surface area contributed by atoms with Gasteiger partial charge in [-0.3, -0.25) is 9.36 Å². The molecule has 0 amide bonds. The molecule has 0 bridgehead atoms. The molecular formula is C32H65NO6P+. The number of unbranched alkanes of at least 4 members (excludes halogenated alkanes) is 16. The Balaban J connectivity index is 2.02. The average Bonchev–Trinajstić information content (AvgIpc) is 3.46. The lowest BCUT2D eigenvalue weighted by atomic mass is 10.0. The average molecular weight is 591 g/mol. The lowest BCUT2D eigenvalue weighted by molar-refractivity contribution is -0.884. The molecule has 0 spiro atoms. The smallest absolute Gasteiger partial charge is 0.333 e. The monoisotopic (exact) mass is 590 g/mol. The Bertz CT molecular complexity index is 629. The number of nitrogens with one attached hydrogen (secondary N) is 1. The third-order valence-corrected chi connectivity index (χ3v) is 9.31. The number of rotatable bonds is 29. The van der Waals surface area contributed by atoms with Gasteiger partial charge in [0.15, 0.2) is 0 Å². The van der Waals surface area contributed by atoms with Crippen LogP contribution in [0.25, 0.3) is 0 Å². The minimum atomic E-state index is -3.70. The lowest BCUT2D eigenvalue weighted by Crippen LogP contribution is -3.10. The van der Waals surface area contributed by atoms with Gasteiger partial charge >= 0.3 is 13.6 Å². The standard InChI is InChI=1S/C32H64NO6P/c1-3-5-6-7-8-9-10-11-12-13-14-15-16-17-18-19-22-27-37-29-31(39-32(34)23-4-2)30-38-40(35,36)28-26-33-24-20-21-25-33/h31H,3-30H2,1-2H3,(H,35,36)/p+1. The van der Waals surface area contributed by atoms with E-state index in [2.05, 4.69) is 6.92 Å². The van der Waals surface area contributed by atoms with Crippen LogP contribution in [-0.2, 0) is 23.4 Å². The van der Waals surface area contributed by atoms with E-state index < -0.39 is 13.7 Å². The van der Waals surface area contributed by atoms with Crippen LogP contribution in [0.15, 0.2) is 0 Å². The number of carbonyl (C=O) groups excluding carboxylic acids is 1. The molecular weight excluding hydrogens is 525 g/mol. The first kappa shape index (κ1) is 37.6.